The van der Waals surface area contributed by atoms with Crippen molar-refractivity contribution in [3.05, 3.63) is 30.1 Å². The zero-order chi connectivity index (χ0) is 24.7. The molecule has 35 heavy (non-hydrogen) atoms. The van der Waals surface area contributed by atoms with Crippen molar-refractivity contribution in [1.29, 1.82) is 0 Å². The number of para-hydroxylation sites is 1. The number of piperazine rings is 1. The molecule has 0 radical (unpaired) electrons. The fourth-order valence-electron chi connectivity index (χ4n) is 6.62. The number of benzene rings is 1. The summed E-state index contributed by atoms with van der Waals surface area (Å²) in [6.45, 7) is 9.98. The number of hydrogen-bond donors (Lipinski definition) is 1. The second-order valence-electron chi connectivity index (χ2n) is 11.1. The Labute approximate surface area is 206 Å². The van der Waals surface area contributed by atoms with Gasteiger partial charge < -0.3 is 15.1 Å². The number of anilines is 1. The smallest absolute Gasteiger partial charge is 0.317 e. The van der Waals surface area contributed by atoms with Crippen LogP contribution < -0.4 is 10.2 Å². The Kier molecular flexibility index (Phi) is 6.92. The average Bonchev–Trinajstić information content (AvgIpc) is 3.40. The fraction of sp³-hybridized carbons (Fsp3) is 0.731. The lowest BCUT2D eigenvalue weighted by atomic mass is 9.85. The molecule has 6 nitrogen and oxygen atoms in total. The molecule has 4 aliphatic rings. The first kappa shape index (κ1) is 24.7. The molecule has 4 fully saturated rings. The van der Waals surface area contributed by atoms with Crippen LogP contribution >= 0.6 is 0 Å². The number of halogens is 3. The average molecular weight is 494 g/mol. The highest BCUT2D eigenvalue weighted by Crippen LogP contribution is 2.38. The van der Waals surface area contributed by atoms with E-state index < -0.39 is 12.0 Å². The van der Waals surface area contributed by atoms with E-state index in [0.29, 0.717) is 50.7 Å². The van der Waals surface area contributed by atoms with E-state index in [1.165, 1.54) is 6.07 Å². The van der Waals surface area contributed by atoms with Gasteiger partial charge in [0.25, 0.3) is 5.92 Å². The number of urea groups is 1. The Morgan fingerprint density at radius 1 is 1.03 bits per heavy atom. The summed E-state index contributed by atoms with van der Waals surface area (Å²) < 4.78 is 44.5. The van der Waals surface area contributed by atoms with Gasteiger partial charge in [-0.1, -0.05) is 12.1 Å². The van der Waals surface area contributed by atoms with Gasteiger partial charge in [-0.15, -0.1) is 0 Å². The zero-order valence-corrected chi connectivity index (χ0v) is 20.8. The maximum atomic E-state index is 15.1. The topological polar surface area (TPSA) is 42.1 Å². The van der Waals surface area contributed by atoms with Gasteiger partial charge in [0.1, 0.15) is 11.9 Å². The van der Waals surface area contributed by atoms with Crippen LogP contribution in [-0.2, 0) is 0 Å². The van der Waals surface area contributed by atoms with Crippen LogP contribution in [0.2, 0.25) is 0 Å². The quantitative estimate of drug-likeness (QED) is 0.698. The monoisotopic (exact) mass is 493 g/mol. The van der Waals surface area contributed by atoms with E-state index in [0.717, 1.165) is 26.2 Å². The summed E-state index contributed by atoms with van der Waals surface area (Å²) in [4.78, 5) is 21.5. The third-order valence-electron chi connectivity index (χ3n) is 8.64. The number of carbonyl (C=O) groups is 1. The van der Waals surface area contributed by atoms with Crippen LogP contribution in [-0.4, -0.2) is 97.1 Å². The summed E-state index contributed by atoms with van der Waals surface area (Å²) in [5, 5.41) is 2.78. The van der Waals surface area contributed by atoms with E-state index in [2.05, 4.69) is 29.0 Å². The molecule has 3 heterocycles. The molecule has 0 aromatic heterocycles. The highest BCUT2D eigenvalue weighted by Gasteiger charge is 2.51. The molecule has 3 aliphatic heterocycles. The van der Waals surface area contributed by atoms with Crippen LogP contribution in [0.15, 0.2) is 24.3 Å². The Morgan fingerprint density at radius 2 is 1.69 bits per heavy atom. The Balaban J connectivity index is 1.20. The molecule has 3 saturated heterocycles. The number of nitrogens with one attached hydrogen (secondary N) is 1. The van der Waals surface area contributed by atoms with Crippen molar-refractivity contribution < 1.29 is 18.0 Å². The number of amides is 2. The van der Waals surface area contributed by atoms with Gasteiger partial charge in [0, 0.05) is 82.7 Å². The number of fused-ring (bicyclic) bond motifs is 1. The number of nitrogens with zero attached hydrogens (tertiary/aromatic N) is 4. The molecular weight excluding hydrogens is 455 g/mol. The Bertz CT molecular complexity index is 893. The predicted molar refractivity (Wildman–Crippen MR) is 130 cm³/mol. The number of hydrogen-bond acceptors (Lipinski definition) is 4. The van der Waals surface area contributed by atoms with Crippen molar-refractivity contribution in [3.63, 3.8) is 0 Å². The van der Waals surface area contributed by atoms with Crippen LogP contribution in [0.3, 0.4) is 0 Å². The minimum Gasteiger partial charge on any atom is -0.368 e. The molecule has 1 aromatic rings. The number of carbonyl (C=O) groups excluding carboxylic acids is 1. The molecule has 1 aromatic carbocycles. The standard InChI is InChI=1S/C26H38F3N5O/c1-18(2)31-10-12-32(13-11-31)23-8-5-9-26(28,29)24(23)30-25(35)34-16-19-14-33(15-20(19)17-34)22-7-4-3-6-21(22)27/h3-4,6-7,18-20,23-24H,5,8-17H2,1-2H3,(H,30,35)/t19-,20+,23-,24+/m0/s1. The first-order valence-corrected chi connectivity index (χ1v) is 13.1. The van der Waals surface area contributed by atoms with Crippen LogP contribution in [0, 0.1) is 17.7 Å². The minimum atomic E-state index is -2.91. The molecule has 5 rings (SSSR count). The van der Waals surface area contributed by atoms with Gasteiger partial charge in [-0.3, -0.25) is 9.80 Å². The van der Waals surface area contributed by atoms with E-state index in [4.69, 9.17) is 0 Å². The number of rotatable bonds is 4. The molecule has 0 unspecified atom stereocenters. The molecule has 194 valence electrons. The lowest BCUT2D eigenvalue weighted by Gasteiger charge is -2.47. The molecular formula is C26H38F3N5O. The second kappa shape index (κ2) is 9.81. The minimum absolute atomic E-state index is 0.177. The molecule has 1 aliphatic carbocycles. The van der Waals surface area contributed by atoms with Crippen molar-refractivity contribution >= 4 is 11.7 Å². The summed E-state index contributed by atoms with van der Waals surface area (Å²) in [6, 6.07) is 5.33. The number of likely N-dealkylation sites (tertiary alicyclic amines) is 1. The predicted octanol–water partition coefficient (Wildman–Crippen LogP) is 3.49. The van der Waals surface area contributed by atoms with Gasteiger partial charge in [0.2, 0.25) is 0 Å². The van der Waals surface area contributed by atoms with Crippen molar-refractivity contribution in [3.8, 4) is 0 Å². The first-order valence-electron chi connectivity index (χ1n) is 13.1. The van der Waals surface area contributed by atoms with Crippen molar-refractivity contribution in [2.45, 2.75) is 57.2 Å². The van der Waals surface area contributed by atoms with E-state index >= 15 is 8.78 Å². The summed E-state index contributed by atoms with van der Waals surface area (Å²) in [5.41, 5.74) is 0.597. The normalized spacial score (nSPS) is 31.7. The lowest BCUT2D eigenvalue weighted by Crippen LogP contribution is -2.65. The SMILES string of the molecule is CC(C)N1CCN([C@H]2CCCC(F)(F)[C@@H]2NC(=O)N2C[C@@H]3CN(c4ccccc4F)C[C@@H]3C2)CC1. The highest BCUT2D eigenvalue weighted by molar-refractivity contribution is 5.75. The van der Waals surface area contributed by atoms with Gasteiger partial charge in [0.05, 0.1) is 5.69 Å². The summed E-state index contributed by atoms with van der Waals surface area (Å²) >= 11 is 0. The summed E-state index contributed by atoms with van der Waals surface area (Å²) in [6.07, 6.45) is 0.989. The van der Waals surface area contributed by atoms with Crippen LogP contribution in [0.4, 0.5) is 23.7 Å². The Hall–Kier alpha value is -2.00. The molecule has 4 atom stereocenters. The van der Waals surface area contributed by atoms with Gasteiger partial charge in [-0.25, -0.2) is 18.0 Å². The summed E-state index contributed by atoms with van der Waals surface area (Å²) in [7, 11) is 0. The third kappa shape index (κ3) is 4.99. The van der Waals surface area contributed by atoms with Crippen LogP contribution in [0.5, 0.6) is 0 Å². The van der Waals surface area contributed by atoms with E-state index in [-0.39, 0.29) is 36.1 Å². The van der Waals surface area contributed by atoms with E-state index in [9.17, 15) is 9.18 Å². The second-order valence-corrected chi connectivity index (χ2v) is 11.1. The third-order valence-corrected chi connectivity index (χ3v) is 8.64. The van der Waals surface area contributed by atoms with Gasteiger partial charge in [-0.2, -0.15) is 0 Å². The van der Waals surface area contributed by atoms with E-state index in [1.54, 1.807) is 17.0 Å². The lowest BCUT2D eigenvalue weighted by molar-refractivity contribution is -0.0971. The summed E-state index contributed by atoms with van der Waals surface area (Å²) in [5.74, 6) is -2.69. The van der Waals surface area contributed by atoms with Gasteiger partial charge >= 0.3 is 6.03 Å². The number of alkyl halides is 2. The maximum Gasteiger partial charge on any atom is 0.317 e. The van der Waals surface area contributed by atoms with Crippen LogP contribution in [0.1, 0.15) is 33.1 Å². The van der Waals surface area contributed by atoms with Gasteiger partial charge in [-0.05, 0) is 38.8 Å². The fourth-order valence-corrected chi connectivity index (χ4v) is 6.62. The molecule has 0 bridgehead atoms. The molecule has 0 spiro atoms. The van der Waals surface area contributed by atoms with E-state index in [1.807, 2.05) is 11.0 Å². The van der Waals surface area contributed by atoms with Crippen molar-refractivity contribution in [1.82, 2.24) is 20.0 Å². The van der Waals surface area contributed by atoms with Crippen LogP contribution in [0.25, 0.3) is 0 Å². The Morgan fingerprint density at radius 3 is 2.31 bits per heavy atom. The largest absolute Gasteiger partial charge is 0.368 e. The molecule has 1 N–H and O–H groups in total. The molecule has 9 heteroatoms. The maximum absolute atomic E-state index is 15.1. The first-order chi connectivity index (χ1) is 16.7. The zero-order valence-electron chi connectivity index (χ0n) is 20.8. The van der Waals surface area contributed by atoms with Gasteiger partial charge in [0.15, 0.2) is 0 Å². The molecule has 2 amide bonds. The molecule has 1 saturated carbocycles. The van der Waals surface area contributed by atoms with Crippen molar-refractivity contribution in [2.24, 2.45) is 11.8 Å². The van der Waals surface area contributed by atoms with Crippen molar-refractivity contribution in [2.75, 3.05) is 57.3 Å². The highest BCUT2D eigenvalue weighted by atomic mass is 19.3.